The summed E-state index contributed by atoms with van der Waals surface area (Å²) in [6.45, 7) is 6.01. The number of anilines is 1. The molecule has 0 aliphatic rings. The molecule has 1 aromatic rings. The zero-order chi connectivity index (χ0) is 13.8. The van der Waals surface area contributed by atoms with Gasteiger partial charge in [-0.15, -0.1) is 11.8 Å². The molecular weight excluding hydrogens is 244 g/mol. The summed E-state index contributed by atoms with van der Waals surface area (Å²) in [6, 6.07) is 8.13. The molecule has 0 amide bonds. The molecule has 0 radical (unpaired) electrons. The minimum Gasteiger partial charge on any atom is -0.394 e. The Hall–Kier alpha value is -1.18. The SMILES string of the molecule is CCSc1cccc(N(C)C(C)(C)CO)c1C#N. The van der Waals surface area contributed by atoms with Crippen LogP contribution in [0.1, 0.15) is 26.3 Å². The van der Waals surface area contributed by atoms with Gasteiger partial charge in [0.1, 0.15) is 6.07 Å². The molecule has 0 fully saturated rings. The molecule has 1 rings (SSSR count). The zero-order valence-electron chi connectivity index (χ0n) is 11.4. The number of aliphatic hydroxyl groups is 1. The van der Waals surface area contributed by atoms with Crippen LogP contribution in [0.15, 0.2) is 23.1 Å². The number of rotatable bonds is 5. The molecule has 0 aliphatic carbocycles. The van der Waals surface area contributed by atoms with Crippen molar-refractivity contribution in [1.29, 1.82) is 5.26 Å². The van der Waals surface area contributed by atoms with Crippen LogP contribution in [-0.2, 0) is 0 Å². The maximum absolute atomic E-state index is 9.43. The minimum absolute atomic E-state index is 0.0412. The minimum atomic E-state index is -0.388. The lowest BCUT2D eigenvalue weighted by molar-refractivity contribution is 0.216. The highest BCUT2D eigenvalue weighted by Crippen LogP contribution is 2.32. The van der Waals surface area contributed by atoms with Gasteiger partial charge in [0.25, 0.3) is 0 Å². The summed E-state index contributed by atoms with van der Waals surface area (Å²) in [4.78, 5) is 2.96. The molecule has 0 saturated heterocycles. The van der Waals surface area contributed by atoms with Crippen molar-refractivity contribution in [3.05, 3.63) is 23.8 Å². The van der Waals surface area contributed by atoms with Gasteiger partial charge in [0.15, 0.2) is 0 Å². The molecule has 0 unspecified atom stereocenters. The average molecular weight is 264 g/mol. The van der Waals surface area contributed by atoms with Gasteiger partial charge in [0, 0.05) is 11.9 Å². The fraction of sp³-hybridized carbons (Fsp3) is 0.500. The van der Waals surface area contributed by atoms with Crippen molar-refractivity contribution < 1.29 is 5.11 Å². The van der Waals surface area contributed by atoms with Crippen molar-refractivity contribution >= 4 is 17.4 Å². The highest BCUT2D eigenvalue weighted by atomic mass is 32.2. The van der Waals surface area contributed by atoms with Crippen LogP contribution in [0.4, 0.5) is 5.69 Å². The van der Waals surface area contributed by atoms with Crippen LogP contribution in [0.25, 0.3) is 0 Å². The van der Waals surface area contributed by atoms with Gasteiger partial charge in [-0.05, 0) is 31.7 Å². The molecule has 3 nitrogen and oxygen atoms in total. The monoisotopic (exact) mass is 264 g/mol. The molecule has 1 N–H and O–H groups in total. The quantitative estimate of drug-likeness (QED) is 0.831. The van der Waals surface area contributed by atoms with Crippen molar-refractivity contribution in [2.75, 3.05) is 24.3 Å². The molecule has 98 valence electrons. The third kappa shape index (κ3) is 2.98. The number of hydrogen-bond acceptors (Lipinski definition) is 4. The Morgan fingerprint density at radius 2 is 2.11 bits per heavy atom. The van der Waals surface area contributed by atoms with E-state index in [0.717, 1.165) is 16.3 Å². The molecule has 0 atom stereocenters. The second kappa shape index (κ2) is 6.12. The van der Waals surface area contributed by atoms with E-state index in [1.54, 1.807) is 11.8 Å². The molecule has 1 aromatic carbocycles. The summed E-state index contributed by atoms with van der Waals surface area (Å²) in [6.07, 6.45) is 0. The number of benzene rings is 1. The van der Waals surface area contributed by atoms with Crippen molar-refractivity contribution in [3.63, 3.8) is 0 Å². The maximum atomic E-state index is 9.43. The molecule has 4 heteroatoms. The Balaban J connectivity index is 3.25. The first-order valence-corrected chi connectivity index (χ1v) is 6.97. The van der Waals surface area contributed by atoms with Gasteiger partial charge in [0.2, 0.25) is 0 Å². The van der Waals surface area contributed by atoms with Crippen LogP contribution >= 0.6 is 11.8 Å². The first-order chi connectivity index (χ1) is 8.47. The van der Waals surface area contributed by atoms with Crippen molar-refractivity contribution in [1.82, 2.24) is 0 Å². The van der Waals surface area contributed by atoms with Crippen LogP contribution in [0.2, 0.25) is 0 Å². The summed E-state index contributed by atoms with van der Waals surface area (Å²) < 4.78 is 0. The Morgan fingerprint density at radius 1 is 1.44 bits per heavy atom. The van der Waals surface area contributed by atoms with E-state index in [4.69, 9.17) is 0 Å². The summed E-state index contributed by atoms with van der Waals surface area (Å²) >= 11 is 1.66. The third-order valence-electron chi connectivity index (χ3n) is 3.07. The van der Waals surface area contributed by atoms with E-state index in [-0.39, 0.29) is 12.1 Å². The van der Waals surface area contributed by atoms with Crippen LogP contribution in [-0.4, -0.2) is 30.1 Å². The number of nitrogens with zero attached hydrogens (tertiary/aromatic N) is 2. The van der Waals surface area contributed by atoms with E-state index in [2.05, 4.69) is 13.0 Å². The Bertz CT molecular complexity index is 452. The lowest BCUT2D eigenvalue weighted by Crippen LogP contribution is -2.44. The van der Waals surface area contributed by atoms with Crippen LogP contribution in [0.5, 0.6) is 0 Å². The van der Waals surface area contributed by atoms with E-state index in [1.165, 1.54) is 0 Å². The Labute approximate surface area is 113 Å². The van der Waals surface area contributed by atoms with E-state index < -0.39 is 0 Å². The number of nitriles is 1. The predicted molar refractivity (Wildman–Crippen MR) is 77.1 cm³/mol. The van der Waals surface area contributed by atoms with E-state index in [0.29, 0.717) is 5.56 Å². The van der Waals surface area contributed by atoms with Gasteiger partial charge >= 0.3 is 0 Å². The normalized spacial score (nSPS) is 11.1. The number of thioether (sulfide) groups is 1. The molecule has 0 heterocycles. The Morgan fingerprint density at radius 3 is 2.61 bits per heavy atom. The molecule has 0 bridgehead atoms. The second-order valence-electron chi connectivity index (χ2n) is 4.72. The first kappa shape index (κ1) is 14.9. The lowest BCUT2D eigenvalue weighted by atomic mass is 10.0. The average Bonchev–Trinajstić information content (AvgIpc) is 2.38. The topological polar surface area (TPSA) is 47.3 Å². The lowest BCUT2D eigenvalue weighted by Gasteiger charge is -2.36. The van der Waals surface area contributed by atoms with E-state index in [9.17, 15) is 10.4 Å². The predicted octanol–water partition coefficient (Wildman–Crippen LogP) is 2.88. The fourth-order valence-corrected chi connectivity index (χ4v) is 2.40. The van der Waals surface area contributed by atoms with Gasteiger partial charge < -0.3 is 10.0 Å². The summed E-state index contributed by atoms with van der Waals surface area (Å²) in [5.41, 5.74) is 1.17. The maximum Gasteiger partial charge on any atom is 0.103 e. The third-order valence-corrected chi connectivity index (χ3v) is 4.01. The number of likely N-dealkylation sites (N-methyl/N-ethyl adjacent to an activating group) is 1. The fourth-order valence-electron chi connectivity index (χ4n) is 1.62. The summed E-state index contributed by atoms with van der Waals surface area (Å²) in [7, 11) is 1.91. The van der Waals surface area contributed by atoms with E-state index >= 15 is 0 Å². The first-order valence-electron chi connectivity index (χ1n) is 5.98. The van der Waals surface area contributed by atoms with Gasteiger partial charge in [-0.2, -0.15) is 5.26 Å². The second-order valence-corrected chi connectivity index (χ2v) is 6.03. The summed E-state index contributed by atoms with van der Waals surface area (Å²) in [5.74, 6) is 0.936. The van der Waals surface area contributed by atoms with Gasteiger partial charge in [-0.3, -0.25) is 0 Å². The van der Waals surface area contributed by atoms with Crippen molar-refractivity contribution in [2.45, 2.75) is 31.2 Å². The standard InChI is InChI=1S/C14H20N2OS/c1-5-18-13-8-6-7-12(11(13)9-15)16(4)14(2,3)10-17/h6-8,17H,5,10H2,1-4H3. The molecule has 0 spiro atoms. The van der Waals surface area contributed by atoms with Crippen LogP contribution in [0, 0.1) is 11.3 Å². The number of hydrogen-bond donors (Lipinski definition) is 1. The van der Waals surface area contributed by atoms with Gasteiger partial charge in [0.05, 0.1) is 23.4 Å². The highest BCUT2D eigenvalue weighted by molar-refractivity contribution is 7.99. The molecule has 0 aliphatic heterocycles. The van der Waals surface area contributed by atoms with Gasteiger partial charge in [-0.25, -0.2) is 0 Å². The highest BCUT2D eigenvalue weighted by Gasteiger charge is 2.25. The zero-order valence-corrected chi connectivity index (χ0v) is 12.2. The van der Waals surface area contributed by atoms with Crippen molar-refractivity contribution in [3.8, 4) is 6.07 Å². The van der Waals surface area contributed by atoms with Crippen LogP contribution in [0.3, 0.4) is 0 Å². The number of aliphatic hydroxyl groups excluding tert-OH is 1. The van der Waals surface area contributed by atoms with Crippen molar-refractivity contribution in [2.24, 2.45) is 0 Å². The molecular formula is C14H20N2OS. The summed E-state index contributed by atoms with van der Waals surface area (Å²) in [5, 5.41) is 18.8. The molecule has 18 heavy (non-hydrogen) atoms. The largest absolute Gasteiger partial charge is 0.394 e. The van der Waals surface area contributed by atoms with Crippen LogP contribution < -0.4 is 4.90 Å². The molecule has 0 aromatic heterocycles. The smallest absolute Gasteiger partial charge is 0.103 e. The van der Waals surface area contributed by atoms with E-state index in [1.807, 2.05) is 44.0 Å². The molecule has 0 saturated carbocycles. The Kier molecular flexibility index (Phi) is 5.06. The van der Waals surface area contributed by atoms with Gasteiger partial charge in [-0.1, -0.05) is 13.0 Å².